The van der Waals surface area contributed by atoms with Gasteiger partial charge in [-0.3, -0.25) is 0 Å². The predicted molar refractivity (Wildman–Crippen MR) is 54.8 cm³/mol. The van der Waals surface area contributed by atoms with E-state index in [4.69, 9.17) is 5.21 Å². The second-order valence-electron chi connectivity index (χ2n) is 2.81. The monoisotopic (exact) mass is 210 g/mol. The molecule has 4 nitrogen and oxygen atoms in total. The lowest BCUT2D eigenvalue weighted by Crippen LogP contribution is -2.12. The Labute approximate surface area is 86.7 Å². The molecular formula is C10H11FN2O2. The van der Waals surface area contributed by atoms with Crippen LogP contribution in [0.2, 0.25) is 0 Å². The van der Waals surface area contributed by atoms with E-state index in [1.165, 1.54) is 31.4 Å². The van der Waals surface area contributed by atoms with Crippen LogP contribution in [0.5, 0.6) is 0 Å². The number of hydrogen-bond donors (Lipinski definition) is 1. The quantitative estimate of drug-likeness (QED) is 0.471. The summed E-state index contributed by atoms with van der Waals surface area (Å²) >= 11 is 0. The Kier molecular flexibility index (Phi) is 3.79. The highest BCUT2D eigenvalue weighted by atomic mass is 19.1. The summed E-state index contributed by atoms with van der Waals surface area (Å²) in [4.78, 5) is 4.61. The molecule has 0 spiro atoms. The van der Waals surface area contributed by atoms with Gasteiger partial charge in [-0.1, -0.05) is 10.3 Å². The summed E-state index contributed by atoms with van der Waals surface area (Å²) in [6, 6.07) is 5.65. The molecule has 0 aliphatic rings. The highest BCUT2D eigenvalue weighted by Crippen LogP contribution is 2.06. The van der Waals surface area contributed by atoms with Gasteiger partial charge in [-0.05, 0) is 31.2 Å². The standard InChI is InChI=1S/C10H11FN2O2/c1-7(12-14)10(13-15-2)8-3-5-9(11)6-4-8/h3-6,14H,1-2H3/b12-7+,13-10+. The first-order chi connectivity index (χ1) is 7.19. The zero-order valence-electron chi connectivity index (χ0n) is 8.44. The Morgan fingerprint density at radius 1 is 1.33 bits per heavy atom. The number of rotatable bonds is 3. The molecule has 0 aliphatic heterocycles. The minimum absolute atomic E-state index is 0.295. The molecule has 0 fully saturated rings. The van der Waals surface area contributed by atoms with Crippen molar-refractivity contribution in [2.24, 2.45) is 10.3 Å². The second-order valence-corrected chi connectivity index (χ2v) is 2.81. The lowest BCUT2D eigenvalue weighted by atomic mass is 10.1. The third-order valence-corrected chi connectivity index (χ3v) is 1.79. The molecule has 0 aromatic heterocycles. The lowest BCUT2D eigenvalue weighted by molar-refractivity contribution is 0.214. The molecule has 0 heterocycles. The molecule has 80 valence electrons. The van der Waals surface area contributed by atoms with Gasteiger partial charge in [0.25, 0.3) is 0 Å². The third kappa shape index (κ3) is 2.77. The van der Waals surface area contributed by atoms with E-state index in [0.717, 1.165) is 0 Å². The summed E-state index contributed by atoms with van der Waals surface area (Å²) in [5, 5.41) is 15.3. The van der Waals surface area contributed by atoms with E-state index in [2.05, 4.69) is 15.1 Å². The molecule has 0 bridgehead atoms. The van der Waals surface area contributed by atoms with E-state index in [1.54, 1.807) is 6.92 Å². The highest BCUT2D eigenvalue weighted by Gasteiger charge is 2.08. The van der Waals surface area contributed by atoms with E-state index >= 15 is 0 Å². The van der Waals surface area contributed by atoms with Gasteiger partial charge in [0, 0.05) is 5.56 Å². The first-order valence-electron chi connectivity index (χ1n) is 4.25. The fourth-order valence-electron chi connectivity index (χ4n) is 1.07. The number of oxime groups is 2. The Bertz CT molecular complexity index is 385. The largest absolute Gasteiger partial charge is 0.411 e. The number of benzene rings is 1. The topological polar surface area (TPSA) is 54.2 Å². The van der Waals surface area contributed by atoms with Gasteiger partial charge >= 0.3 is 0 Å². The zero-order valence-corrected chi connectivity index (χ0v) is 8.44. The Morgan fingerprint density at radius 2 is 1.93 bits per heavy atom. The van der Waals surface area contributed by atoms with E-state index in [1.807, 2.05) is 0 Å². The molecular weight excluding hydrogens is 199 g/mol. The first-order valence-corrected chi connectivity index (χ1v) is 4.25. The third-order valence-electron chi connectivity index (χ3n) is 1.79. The number of nitrogens with zero attached hydrogens (tertiary/aromatic N) is 2. The molecule has 1 rings (SSSR count). The molecule has 0 saturated carbocycles. The molecule has 1 aromatic carbocycles. The number of hydrogen-bond acceptors (Lipinski definition) is 4. The summed E-state index contributed by atoms with van der Waals surface area (Å²) in [6.45, 7) is 1.57. The van der Waals surface area contributed by atoms with Crippen molar-refractivity contribution in [3.05, 3.63) is 35.6 Å². The summed E-state index contributed by atoms with van der Waals surface area (Å²) < 4.78 is 12.7. The van der Waals surface area contributed by atoms with Crippen molar-refractivity contribution in [1.29, 1.82) is 0 Å². The zero-order chi connectivity index (χ0) is 11.3. The average Bonchev–Trinajstić information content (AvgIpc) is 2.26. The van der Waals surface area contributed by atoms with Crippen LogP contribution in [0.15, 0.2) is 34.6 Å². The summed E-state index contributed by atoms with van der Waals surface area (Å²) in [5.74, 6) is -0.339. The van der Waals surface area contributed by atoms with Crippen LogP contribution in [0.4, 0.5) is 4.39 Å². The van der Waals surface area contributed by atoms with Crippen LogP contribution in [0, 0.1) is 5.82 Å². The van der Waals surface area contributed by atoms with E-state index in [-0.39, 0.29) is 5.82 Å². The van der Waals surface area contributed by atoms with Crippen molar-refractivity contribution >= 4 is 11.4 Å². The summed E-state index contributed by atoms with van der Waals surface area (Å²) in [7, 11) is 1.38. The molecule has 5 heteroatoms. The molecule has 0 atom stereocenters. The lowest BCUT2D eigenvalue weighted by Gasteiger charge is -2.03. The predicted octanol–water partition coefficient (Wildman–Crippen LogP) is 2.03. The van der Waals surface area contributed by atoms with Crippen LogP contribution in [0.1, 0.15) is 12.5 Å². The molecule has 0 radical (unpaired) electrons. The minimum atomic E-state index is -0.339. The van der Waals surface area contributed by atoms with Crippen molar-refractivity contribution in [3.63, 3.8) is 0 Å². The van der Waals surface area contributed by atoms with Gasteiger partial charge < -0.3 is 10.0 Å². The Hall–Kier alpha value is -1.91. The molecule has 0 unspecified atom stereocenters. The van der Waals surface area contributed by atoms with Gasteiger partial charge in [-0.15, -0.1) is 0 Å². The van der Waals surface area contributed by atoms with Gasteiger partial charge in [0.15, 0.2) is 0 Å². The van der Waals surface area contributed by atoms with Gasteiger partial charge in [0.05, 0.1) is 0 Å². The molecule has 0 amide bonds. The van der Waals surface area contributed by atoms with Crippen LogP contribution in [0.25, 0.3) is 0 Å². The van der Waals surface area contributed by atoms with Crippen LogP contribution >= 0.6 is 0 Å². The molecule has 0 saturated heterocycles. The van der Waals surface area contributed by atoms with Gasteiger partial charge in [-0.25, -0.2) is 4.39 Å². The van der Waals surface area contributed by atoms with Crippen LogP contribution in [-0.2, 0) is 4.84 Å². The van der Waals surface area contributed by atoms with E-state index < -0.39 is 0 Å². The second kappa shape index (κ2) is 5.09. The molecule has 1 N–H and O–H groups in total. The number of halogens is 1. The Balaban J connectivity index is 3.11. The van der Waals surface area contributed by atoms with Gasteiger partial charge in [0.2, 0.25) is 0 Å². The van der Waals surface area contributed by atoms with Crippen molar-refractivity contribution in [2.75, 3.05) is 7.11 Å². The van der Waals surface area contributed by atoms with Crippen LogP contribution < -0.4 is 0 Å². The van der Waals surface area contributed by atoms with Crippen LogP contribution in [0.3, 0.4) is 0 Å². The fraction of sp³-hybridized carbons (Fsp3) is 0.200. The summed E-state index contributed by atoms with van der Waals surface area (Å²) in [5.41, 5.74) is 1.28. The van der Waals surface area contributed by atoms with E-state index in [0.29, 0.717) is 17.0 Å². The normalized spacial score (nSPS) is 12.7. The van der Waals surface area contributed by atoms with Crippen molar-refractivity contribution in [3.8, 4) is 0 Å². The first kappa shape index (κ1) is 11.2. The SMILES string of the molecule is CO/N=C(\C(C)=N\O)c1ccc(F)cc1. The minimum Gasteiger partial charge on any atom is -0.411 e. The summed E-state index contributed by atoms with van der Waals surface area (Å²) in [6.07, 6.45) is 0. The molecule has 0 aliphatic carbocycles. The van der Waals surface area contributed by atoms with Crippen LogP contribution in [-0.4, -0.2) is 23.7 Å². The Morgan fingerprint density at radius 3 is 2.40 bits per heavy atom. The van der Waals surface area contributed by atoms with Crippen molar-refractivity contribution in [2.45, 2.75) is 6.92 Å². The highest BCUT2D eigenvalue weighted by molar-refractivity contribution is 6.47. The maximum absolute atomic E-state index is 12.7. The molecule has 1 aromatic rings. The maximum atomic E-state index is 12.7. The fourth-order valence-corrected chi connectivity index (χ4v) is 1.07. The average molecular weight is 210 g/mol. The van der Waals surface area contributed by atoms with Crippen molar-refractivity contribution in [1.82, 2.24) is 0 Å². The van der Waals surface area contributed by atoms with E-state index in [9.17, 15) is 4.39 Å². The smallest absolute Gasteiger partial charge is 0.134 e. The molecule has 15 heavy (non-hydrogen) atoms. The van der Waals surface area contributed by atoms with Gasteiger partial charge in [0.1, 0.15) is 24.4 Å². The maximum Gasteiger partial charge on any atom is 0.134 e. The van der Waals surface area contributed by atoms with Crippen molar-refractivity contribution < 1.29 is 14.4 Å². The van der Waals surface area contributed by atoms with Gasteiger partial charge in [-0.2, -0.15) is 0 Å².